The molecule has 0 aliphatic heterocycles. The lowest BCUT2D eigenvalue weighted by atomic mass is 10.2. The van der Waals surface area contributed by atoms with Crippen molar-refractivity contribution in [2.75, 3.05) is 18.4 Å². The Balaban J connectivity index is 2.65. The highest BCUT2D eigenvalue weighted by Gasteiger charge is 2.07. The van der Waals surface area contributed by atoms with Gasteiger partial charge < -0.3 is 10.6 Å². The number of halogens is 2. The smallest absolute Gasteiger partial charge is 0.238 e. The number of carbonyl (C=O) groups is 1. The maximum absolute atomic E-state index is 11.6. The van der Waals surface area contributed by atoms with Gasteiger partial charge in [-0.1, -0.05) is 17.7 Å². The zero-order valence-electron chi connectivity index (χ0n) is 9.52. The minimum absolute atomic E-state index is 0.118. The Morgan fingerprint density at radius 2 is 2.29 bits per heavy atom. The standard InChI is InChI=1S/C12H14BrClN2O/c1-3-4-15-7-12(17)16-11-6-10(14)8(2)5-9(11)13/h3,5-6,15H,1,4,7H2,2H3,(H,16,17). The van der Waals surface area contributed by atoms with E-state index in [2.05, 4.69) is 33.1 Å². The molecule has 0 saturated carbocycles. The minimum Gasteiger partial charge on any atom is -0.324 e. The van der Waals surface area contributed by atoms with Crippen LogP contribution in [0.3, 0.4) is 0 Å². The number of anilines is 1. The SMILES string of the molecule is C=CCNCC(=O)Nc1cc(Cl)c(C)cc1Br. The van der Waals surface area contributed by atoms with Gasteiger partial charge in [-0.25, -0.2) is 0 Å². The van der Waals surface area contributed by atoms with Gasteiger partial charge in [-0.3, -0.25) is 4.79 Å². The van der Waals surface area contributed by atoms with Crippen molar-refractivity contribution in [3.8, 4) is 0 Å². The average molecular weight is 318 g/mol. The number of hydrogen-bond donors (Lipinski definition) is 2. The molecule has 1 rings (SSSR count). The molecule has 0 aliphatic carbocycles. The molecule has 1 aromatic carbocycles. The zero-order chi connectivity index (χ0) is 12.8. The Morgan fingerprint density at radius 3 is 2.94 bits per heavy atom. The largest absolute Gasteiger partial charge is 0.324 e. The molecule has 0 radical (unpaired) electrons. The molecule has 1 amide bonds. The molecule has 0 saturated heterocycles. The van der Waals surface area contributed by atoms with E-state index in [0.29, 0.717) is 17.3 Å². The Morgan fingerprint density at radius 1 is 1.59 bits per heavy atom. The molecular weight excluding hydrogens is 304 g/mol. The van der Waals surface area contributed by atoms with E-state index >= 15 is 0 Å². The third kappa shape index (κ3) is 4.50. The topological polar surface area (TPSA) is 41.1 Å². The van der Waals surface area contributed by atoms with E-state index in [1.807, 2.05) is 13.0 Å². The van der Waals surface area contributed by atoms with E-state index in [9.17, 15) is 4.79 Å². The Labute approximate surface area is 114 Å². The van der Waals surface area contributed by atoms with Crippen molar-refractivity contribution in [2.45, 2.75) is 6.92 Å². The second-order valence-electron chi connectivity index (χ2n) is 3.55. The summed E-state index contributed by atoms with van der Waals surface area (Å²) in [5.74, 6) is -0.118. The van der Waals surface area contributed by atoms with E-state index in [4.69, 9.17) is 11.6 Å². The van der Waals surface area contributed by atoms with Crippen LogP contribution in [0, 0.1) is 6.92 Å². The molecule has 0 bridgehead atoms. The van der Waals surface area contributed by atoms with Crippen LogP contribution in [0.15, 0.2) is 29.3 Å². The molecule has 0 fully saturated rings. The number of carbonyl (C=O) groups excluding carboxylic acids is 1. The maximum Gasteiger partial charge on any atom is 0.238 e. The van der Waals surface area contributed by atoms with E-state index in [0.717, 1.165) is 10.0 Å². The summed E-state index contributed by atoms with van der Waals surface area (Å²) in [4.78, 5) is 11.6. The number of nitrogens with one attached hydrogen (secondary N) is 2. The first kappa shape index (κ1) is 14.2. The monoisotopic (exact) mass is 316 g/mol. The summed E-state index contributed by atoms with van der Waals surface area (Å²) in [6.07, 6.45) is 1.70. The van der Waals surface area contributed by atoms with E-state index in [-0.39, 0.29) is 12.5 Å². The first-order valence-electron chi connectivity index (χ1n) is 5.11. The van der Waals surface area contributed by atoms with Crippen LogP contribution in [0.2, 0.25) is 5.02 Å². The van der Waals surface area contributed by atoms with Gasteiger partial charge in [0.2, 0.25) is 5.91 Å². The molecule has 3 nitrogen and oxygen atoms in total. The Hall–Kier alpha value is -0.840. The fourth-order valence-electron chi connectivity index (χ4n) is 1.22. The van der Waals surface area contributed by atoms with Crippen molar-refractivity contribution < 1.29 is 4.79 Å². The van der Waals surface area contributed by atoms with Crippen molar-refractivity contribution in [1.29, 1.82) is 0 Å². The lowest BCUT2D eigenvalue weighted by Gasteiger charge is -2.09. The first-order valence-corrected chi connectivity index (χ1v) is 6.28. The lowest BCUT2D eigenvalue weighted by molar-refractivity contribution is -0.115. The van der Waals surface area contributed by atoms with E-state index in [1.54, 1.807) is 12.1 Å². The Bertz CT molecular complexity index is 435. The Kier molecular flexibility index (Phi) is 5.68. The van der Waals surface area contributed by atoms with E-state index in [1.165, 1.54) is 0 Å². The molecule has 92 valence electrons. The number of benzene rings is 1. The summed E-state index contributed by atoms with van der Waals surface area (Å²) in [5.41, 5.74) is 1.63. The molecule has 2 N–H and O–H groups in total. The minimum atomic E-state index is -0.118. The predicted molar refractivity (Wildman–Crippen MR) is 75.6 cm³/mol. The van der Waals surface area contributed by atoms with Crippen molar-refractivity contribution >= 4 is 39.1 Å². The summed E-state index contributed by atoms with van der Waals surface area (Å²) in [7, 11) is 0. The van der Waals surface area contributed by atoms with Gasteiger partial charge >= 0.3 is 0 Å². The number of amides is 1. The molecule has 0 aromatic heterocycles. The molecule has 0 atom stereocenters. The van der Waals surface area contributed by atoms with Crippen molar-refractivity contribution in [1.82, 2.24) is 5.32 Å². The van der Waals surface area contributed by atoms with E-state index < -0.39 is 0 Å². The van der Waals surface area contributed by atoms with Gasteiger partial charge in [-0.15, -0.1) is 6.58 Å². The highest BCUT2D eigenvalue weighted by atomic mass is 79.9. The van der Waals surface area contributed by atoms with Gasteiger partial charge in [0, 0.05) is 16.0 Å². The van der Waals surface area contributed by atoms with Gasteiger partial charge in [0.05, 0.1) is 12.2 Å². The summed E-state index contributed by atoms with van der Waals surface area (Å²) in [6.45, 7) is 6.31. The molecule has 17 heavy (non-hydrogen) atoms. The van der Waals surface area contributed by atoms with Crippen LogP contribution in [0.5, 0.6) is 0 Å². The summed E-state index contributed by atoms with van der Waals surface area (Å²) < 4.78 is 0.816. The predicted octanol–water partition coefficient (Wildman–Crippen LogP) is 3.13. The van der Waals surface area contributed by atoms with Gasteiger partial charge in [0.1, 0.15) is 0 Å². The van der Waals surface area contributed by atoms with Crippen LogP contribution in [0.25, 0.3) is 0 Å². The van der Waals surface area contributed by atoms with Gasteiger partial charge in [0.25, 0.3) is 0 Å². The van der Waals surface area contributed by atoms with Crippen LogP contribution in [-0.4, -0.2) is 19.0 Å². The maximum atomic E-state index is 11.6. The number of aryl methyl sites for hydroxylation is 1. The quantitative estimate of drug-likeness (QED) is 0.647. The summed E-state index contributed by atoms with van der Waals surface area (Å²) in [6, 6.07) is 3.60. The van der Waals surface area contributed by atoms with Gasteiger partial charge in [-0.2, -0.15) is 0 Å². The fraction of sp³-hybridized carbons (Fsp3) is 0.250. The van der Waals surface area contributed by atoms with Crippen LogP contribution in [0.1, 0.15) is 5.56 Å². The lowest BCUT2D eigenvalue weighted by Crippen LogP contribution is -2.28. The van der Waals surface area contributed by atoms with Crippen LogP contribution >= 0.6 is 27.5 Å². The molecule has 5 heteroatoms. The van der Waals surface area contributed by atoms with Crippen molar-refractivity contribution in [3.63, 3.8) is 0 Å². The first-order chi connectivity index (χ1) is 8.04. The third-order valence-corrected chi connectivity index (χ3v) is 3.16. The molecule has 0 unspecified atom stereocenters. The summed E-state index contributed by atoms with van der Waals surface area (Å²) in [5, 5.41) is 6.32. The molecule has 0 heterocycles. The molecule has 0 spiro atoms. The van der Waals surface area contributed by atoms with Crippen LogP contribution in [0.4, 0.5) is 5.69 Å². The normalized spacial score (nSPS) is 10.1. The molecule has 1 aromatic rings. The molecular formula is C12H14BrClN2O. The fourth-order valence-corrected chi connectivity index (χ4v) is 1.94. The van der Waals surface area contributed by atoms with Crippen molar-refractivity contribution in [2.24, 2.45) is 0 Å². The average Bonchev–Trinajstić information content (AvgIpc) is 2.26. The van der Waals surface area contributed by atoms with Gasteiger partial charge in [0.15, 0.2) is 0 Å². The van der Waals surface area contributed by atoms with Crippen LogP contribution in [-0.2, 0) is 4.79 Å². The second-order valence-corrected chi connectivity index (χ2v) is 4.81. The summed E-state index contributed by atoms with van der Waals surface area (Å²) >= 11 is 9.38. The van der Waals surface area contributed by atoms with Crippen LogP contribution < -0.4 is 10.6 Å². The van der Waals surface area contributed by atoms with Gasteiger partial charge in [-0.05, 0) is 40.5 Å². The number of hydrogen-bond acceptors (Lipinski definition) is 2. The highest BCUT2D eigenvalue weighted by molar-refractivity contribution is 9.10. The second kappa shape index (κ2) is 6.79. The third-order valence-electron chi connectivity index (χ3n) is 2.10. The molecule has 0 aliphatic rings. The number of rotatable bonds is 5. The van der Waals surface area contributed by atoms with Crippen molar-refractivity contribution in [3.05, 3.63) is 39.8 Å². The highest BCUT2D eigenvalue weighted by Crippen LogP contribution is 2.28. The zero-order valence-corrected chi connectivity index (χ0v) is 11.9.